The Morgan fingerprint density at radius 1 is 1.08 bits per heavy atom. The summed E-state index contributed by atoms with van der Waals surface area (Å²) in [5.41, 5.74) is 3.09. The molecule has 25 heavy (non-hydrogen) atoms. The summed E-state index contributed by atoms with van der Waals surface area (Å²) in [5.74, 6) is 2.68. The molecule has 0 atom stereocenters. The molecule has 4 nitrogen and oxygen atoms in total. The summed E-state index contributed by atoms with van der Waals surface area (Å²) in [6, 6.07) is 13.6. The Balaban J connectivity index is 1.70. The molecule has 0 aliphatic carbocycles. The minimum Gasteiger partial charge on any atom is -0.493 e. The second kappa shape index (κ2) is 9.99. The van der Waals surface area contributed by atoms with Gasteiger partial charge in [-0.05, 0) is 56.2 Å². The van der Waals surface area contributed by atoms with Gasteiger partial charge in [0.15, 0.2) is 0 Å². The van der Waals surface area contributed by atoms with Gasteiger partial charge in [-0.25, -0.2) is 0 Å². The standard InChI is InChI=1S/C20H25NO3S/c1-4-23-19-8-6-5-7-18(19)21-20(22)14-25-10-9-24-17-12-15(2)11-16(3)13-17/h5-8,11-13H,4,9-10,14H2,1-3H3,(H,21,22). The second-order valence-electron chi connectivity index (χ2n) is 5.70. The van der Waals surface area contributed by atoms with Gasteiger partial charge in [-0.3, -0.25) is 4.79 Å². The quantitative estimate of drug-likeness (QED) is 0.672. The number of amides is 1. The zero-order chi connectivity index (χ0) is 18.1. The molecular weight excluding hydrogens is 334 g/mol. The van der Waals surface area contributed by atoms with Gasteiger partial charge in [0, 0.05) is 5.75 Å². The molecule has 0 heterocycles. The van der Waals surface area contributed by atoms with E-state index in [2.05, 4.69) is 25.2 Å². The summed E-state index contributed by atoms with van der Waals surface area (Å²) in [5, 5.41) is 2.89. The van der Waals surface area contributed by atoms with Gasteiger partial charge < -0.3 is 14.8 Å². The van der Waals surface area contributed by atoms with Crippen molar-refractivity contribution in [2.24, 2.45) is 0 Å². The predicted molar refractivity (Wildman–Crippen MR) is 105 cm³/mol. The van der Waals surface area contributed by atoms with E-state index < -0.39 is 0 Å². The number of hydrogen-bond acceptors (Lipinski definition) is 4. The number of hydrogen-bond donors (Lipinski definition) is 1. The molecule has 0 spiro atoms. The van der Waals surface area contributed by atoms with Gasteiger partial charge in [0.2, 0.25) is 5.91 Å². The highest BCUT2D eigenvalue weighted by atomic mass is 32.2. The third-order valence-corrected chi connectivity index (χ3v) is 4.31. The molecule has 2 rings (SSSR count). The highest BCUT2D eigenvalue weighted by Gasteiger charge is 2.07. The third kappa shape index (κ3) is 6.70. The molecule has 2 aromatic carbocycles. The third-order valence-electron chi connectivity index (χ3n) is 3.39. The first-order valence-corrected chi connectivity index (χ1v) is 9.54. The number of ether oxygens (including phenoxy) is 2. The van der Waals surface area contributed by atoms with E-state index in [1.54, 1.807) is 11.8 Å². The van der Waals surface area contributed by atoms with Crippen LogP contribution in [-0.2, 0) is 4.79 Å². The summed E-state index contributed by atoms with van der Waals surface area (Å²) in [7, 11) is 0. The van der Waals surface area contributed by atoms with Crippen molar-refractivity contribution >= 4 is 23.4 Å². The van der Waals surface area contributed by atoms with Crippen molar-refractivity contribution in [2.45, 2.75) is 20.8 Å². The van der Waals surface area contributed by atoms with Crippen molar-refractivity contribution in [3.05, 3.63) is 53.6 Å². The van der Waals surface area contributed by atoms with Gasteiger partial charge >= 0.3 is 0 Å². The zero-order valence-electron chi connectivity index (χ0n) is 15.0. The highest BCUT2D eigenvalue weighted by molar-refractivity contribution is 7.99. The van der Waals surface area contributed by atoms with Crippen LogP contribution in [0, 0.1) is 13.8 Å². The number of aryl methyl sites for hydroxylation is 2. The van der Waals surface area contributed by atoms with Crippen molar-refractivity contribution in [3.63, 3.8) is 0 Å². The lowest BCUT2D eigenvalue weighted by molar-refractivity contribution is -0.113. The number of para-hydroxylation sites is 2. The number of carbonyl (C=O) groups excluding carboxylic acids is 1. The summed E-state index contributed by atoms with van der Waals surface area (Å²) in [4.78, 5) is 12.1. The van der Waals surface area contributed by atoms with Crippen molar-refractivity contribution in [1.29, 1.82) is 0 Å². The molecule has 0 aliphatic heterocycles. The van der Waals surface area contributed by atoms with Crippen LogP contribution in [0.25, 0.3) is 0 Å². The van der Waals surface area contributed by atoms with Gasteiger partial charge in [0.25, 0.3) is 0 Å². The molecule has 5 heteroatoms. The molecule has 2 aromatic rings. The van der Waals surface area contributed by atoms with Crippen LogP contribution in [0.4, 0.5) is 5.69 Å². The molecule has 0 aromatic heterocycles. The molecule has 0 unspecified atom stereocenters. The number of anilines is 1. The second-order valence-corrected chi connectivity index (χ2v) is 6.81. The zero-order valence-corrected chi connectivity index (χ0v) is 15.8. The van der Waals surface area contributed by atoms with Gasteiger partial charge in [0.1, 0.15) is 11.5 Å². The molecule has 0 saturated heterocycles. The number of nitrogens with one attached hydrogen (secondary N) is 1. The maximum atomic E-state index is 12.1. The molecule has 134 valence electrons. The van der Waals surface area contributed by atoms with E-state index in [1.165, 1.54) is 11.1 Å². The summed E-state index contributed by atoms with van der Waals surface area (Å²) >= 11 is 1.55. The minimum atomic E-state index is -0.0384. The smallest absolute Gasteiger partial charge is 0.234 e. The first-order chi connectivity index (χ1) is 12.1. The largest absolute Gasteiger partial charge is 0.493 e. The normalized spacial score (nSPS) is 10.4. The SMILES string of the molecule is CCOc1ccccc1NC(=O)CSCCOc1cc(C)cc(C)c1. The van der Waals surface area contributed by atoms with Gasteiger partial charge in [-0.1, -0.05) is 18.2 Å². The minimum absolute atomic E-state index is 0.0384. The average molecular weight is 359 g/mol. The van der Waals surface area contributed by atoms with Crippen molar-refractivity contribution in [3.8, 4) is 11.5 Å². The Morgan fingerprint density at radius 2 is 1.80 bits per heavy atom. The Kier molecular flexibility index (Phi) is 7.67. The van der Waals surface area contributed by atoms with E-state index in [0.717, 1.165) is 11.5 Å². The van der Waals surface area contributed by atoms with Crippen LogP contribution >= 0.6 is 11.8 Å². The van der Waals surface area contributed by atoms with Crippen LogP contribution in [0.2, 0.25) is 0 Å². The van der Waals surface area contributed by atoms with Gasteiger partial charge in [0.05, 0.1) is 24.7 Å². The topological polar surface area (TPSA) is 47.6 Å². The lowest BCUT2D eigenvalue weighted by Gasteiger charge is -2.11. The van der Waals surface area contributed by atoms with Crippen LogP contribution in [0.5, 0.6) is 11.5 Å². The Morgan fingerprint density at radius 3 is 2.52 bits per heavy atom. The molecular formula is C20H25NO3S. The fourth-order valence-corrected chi connectivity index (χ4v) is 3.04. The molecule has 0 fully saturated rings. The lowest BCUT2D eigenvalue weighted by Crippen LogP contribution is -2.16. The molecule has 1 amide bonds. The predicted octanol–water partition coefficient (Wildman–Crippen LogP) is 4.45. The van der Waals surface area contributed by atoms with E-state index in [9.17, 15) is 4.79 Å². The monoisotopic (exact) mass is 359 g/mol. The number of thioether (sulfide) groups is 1. The van der Waals surface area contributed by atoms with Crippen LogP contribution in [0.3, 0.4) is 0 Å². The fraction of sp³-hybridized carbons (Fsp3) is 0.350. The molecule has 0 radical (unpaired) electrons. The fourth-order valence-electron chi connectivity index (χ4n) is 2.44. The molecule has 0 bridgehead atoms. The number of rotatable bonds is 9. The first-order valence-electron chi connectivity index (χ1n) is 8.39. The van der Waals surface area contributed by atoms with E-state index >= 15 is 0 Å². The van der Waals surface area contributed by atoms with Crippen LogP contribution in [0.1, 0.15) is 18.1 Å². The lowest BCUT2D eigenvalue weighted by atomic mass is 10.1. The Labute approximate surface area is 153 Å². The molecule has 1 N–H and O–H groups in total. The maximum Gasteiger partial charge on any atom is 0.234 e. The number of benzene rings is 2. The Hall–Kier alpha value is -2.14. The van der Waals surface area contributed by atoms with Gasteiger partial charge in [-0.2, -0.15) is 0 Å². The summed E-state index contributed by atoms with van der Waals surface area (Å²) < 4.78 is 11.3. The Bertz CT molecular complexity index is 683. The maximum absolute atomic E-state index is 12.1. The van der Waals surface area contributed by atoms with E-state index in [1.807, 2.05) is 43.3 Å². The summed E-state index contributed by atoms with van der Waals surface area (Å²) in [6.07, 6.45) is 0. The van der Waals surface area contributed by atoms with E-state index in [0.29, 0.717) is 30.4 Å². The summed E-state index contributed by atoms with van der Waals surface area (Å²) in [6.45, 7) is 7.18. The first kappa shape index (κ1) is 19.2. The van der Waals surface area contributed by atoms with E-state index in [4.69, 9.17) is 9.47 Å². The average Bonchev–Trinajstić information content (AvgIpc) is 2.56. The molecule has 0 aliphatic rings. The van der Waals surface area contributed by atoms with Gasteiger partial charge in [-0.15, -0.1) is 11.8 Å². The van der Waals surface area contributed by atoms with Crippen LogP contribution < -0.4 is 14.8 Å². The number of carbonyl (C=O) groups is 1. The van der Waals surface area contributed by atoms with Crippen molar-refractivity contribution in [2.75, 3.05) is 30.0 Å². The van der Waals surface area contributed by atoms with E-state index in [-0.39, 0.29) is 5.91 Å². The molecule has 0 saturated carbocycles. The van der Waals surface area contributed by atoms with Crippen molar-refractivity contribution < 1.29 is 14.3 Å². The highest BCUT2D eigenvalue weighted by Crippen LogP contribution is 2.23. The van der Waals surface area contributed by atoms with Crippen molar-refractivity contribution in [1.82, 2.24) is 0 Å². The van der Waals surface area contributed by atoms with Crippen LogP contribution in [0.15, 0.2) is 42.5 Å². The van der Waals surface area contributed by atoms with Crippen LogP contribution in [-0.4, -0.2) is 30.6 Å².